The van der Waals surface area contributed by atoms with Crippen molar-refractivity contribution >= 4 is 33.8 Å². The van der Waals surface area contributed by atoms with E-state index in [1.54, 1.807) is 12.1 Å². The van der Waals surface area contributed by atoms with Gasteiger partial charge in [0.15, 0.2) is 6.61 Å². The van der Waals surface area contributed by atoms with Crippen LogP contribution in [0.25, 0.3) is 0 Å². The summed E-state index contributed by atoms with van der Waals surface area (Å²) >= 11 is 3.42. The Balaban J connectivity index is 2.02. The van der Waals surface area contributed by atoms with Gasteiger partial charge in [0.1, 0.15) is 12.0 Å². The van der Waals surface area contributed by atoms with E-state index >= 15 is 0 Å². The van der Waals surface area contributed by atoms with Gasteiger partial charge in [0.2, 0.25) is 0 Å². The topological polar surface area (TPSA) is 55.4 Å². The van der Waals surface area contributed by atoms with E-state index in [4.69, 9.17) is 4.74 Å². The molecule has 4 nitrogen and oxygen atoms in total. The van der Waals surface area contributed by atoms with Crippen LogP contribution in [0.15, 0.2) is 34.8 Å². The molecule has 0 aromatic heterocycles. The molecule has 0 fully saturated rings. The molecule has 5 heteroatoms. The number of anilines is 1. The Morgan fingerprint density at radius 3 is 2.35 bits per heavy atom. The molecule has 1 amide bonds. The van der Waals surface area contributed by atoms with Crippen molar-refractivity contribution in [2.45, 2.75) is 20.8 Å². The molecule has 1 N–H and O–H groups in total. The number of carbonyl (C=O) groups is 2. The fourth-order valence-corrected chi connectivity index (χ4v) is 2.58. The van der Waals surface area contributed by atoms with Gasteiger partial charge in [-0.25, -0.2) is 0 Å². The van der Waals surface area contributed by atoms with Crippen molar-refractivity contribution in [2.75, 3.05) is 11.9 Å². The molecule has 0 spiro atoms. The third kappa shape index (κ3) is 4.42. The number of nitrogens with one attached hydrogen (secondary N) is 1. The van der Waals surface area contributed by atoms with Crippen LogP contribution in [0, 0.1) is 20.8 Å². The standard InChI is InChI=1S/C18H18BrNO3/c1-11-8-15(4-5-16(11)19)20-17(22)10-23-18-12(2)6-14(9-21)7-13(18)3/h4-9H,10H2,1-3H3,(H,20,22). The molecule has 0 aliphatic heterocycles. The molecule has 0 radical (unpaired) electrons. The third-order valence-corrected chi connectivity index (χ3v) is 4.30. The van der Waals surface area contributed by atoms with Crippen LogP contribution >= 0.6 is 15.9 Å². The zero-order valence-corrected chi connectivity index (χ0v) is 14.9. The summed E-state index contributed by atoms with van der Waals surface area (Å²) in [4.78, 5) is 22.9. The Kier molecular flexibility index (Phi) is 5.55. The Labute approximate surface area is 144 Å². The fourth-order valence-electron chi connectivity index (χ4n) is 2.34. The smallest absolute Gasteiger partial charge is 0.262 e. The predicted octanol–water partition coefficient (Wildman–Crippen LogP) is 4.20. The van der Waals surface area contributed by atoms with Gasteiger partial charge >= 0.3 is 0 Å². The van der Waals surface area contributed by atoms with Crippen molar-refractivity contribution < 1.29 is 14.3 Å². The number of halogens is 1. The summed E-state index contributed by atoms with van der Waals surface area (Å²) in [5.41, 5.74) is 4.03. The molecule has 2 aromatic rings. The highest BCUT2D eigenvalue weighted by Crippen LogP contribution is 2.24. The molecule has 120 valence electrons. The molecule has 2 aromatic carbocycles. The summed E-state index contributed by atoms with van der Waals surface area (Å²) in [6.07, 6.45) is 0.798. The highest BCUT2D eigenvalue weighted by Gasteiger charge is 2.10. The van der Waals surface area contributed by atoms with Gasteiger partial charge in [-0.15, -0.1) is 0 Å². The van der Waals surface area contributed by atoms with Crippen molar-refractivity contribution in [3.8, 4) is 5.75 Å². The highest BCUT2D eigenvalue weighted by molar-refractivity contribution is 9.10. The van der Waals surface area contributed by atoms with E-state index in [2.05, 4.69) is 21.2 Å². The van der Waals surface area contributed by atoms with Crippen LogP contribution in [0.1, 0.15) is 27.0 Å². The van der Waals surface area contributed by atoms with Gasteiger partial charge in [-0.2, -0.15) is 0 Å². The van der Waals surface area contributed by atoms with Crippen molar-refractivity contribution in [1.29, 1.82) is 0 Å². The minimum absolute atomic E-state index is 0.0861. The second-order valence-electron chi connectivity index (χ2n) is 5.40. The minimum Gasteiger partial charge on any atom is -0.483 e. The predicted molar refractivity (Wildman–Crippen MR) is 94.3 cm³/mol. The molecular formula is C18H18BrNO3. The fraction of sp³-hybridized carbons (Fsp3) is 0.222. The molecule has 0 heterocycles. The van der Waals surface area contributed by atoms with E-state index in [1.165, 1.54) is 0 Å². The molecule has 0 unspecified atom stereocenters. The molecule has 0 saturated heterocycles. The van der Waals surface area contributed by atoms with Crippen LogP contribution < -0.4 is 10.1 Å². The normalized spacial score (nSPS) is 10.3. The van der Waals surface area contributed by atoms with Gasteiger partial charge in [-0.1, -0.05) is 15.9 Å². The number of aldehydes is 1. The molecule has 0 aliphatic carbocycles. The largest absolute Gasteiger partial charge is 0.483 e. The maximum absolute atomic E-state index is 12.0. The summed E-state index contributed by atoms with van der Waals surface area (Å²) in [7, 11) is 0. The summed E-state index contributed by atoms with van der Waals surface area (Å²) in [6, 6.07) is 9.08. The van der Waals surface area contributed by atoms with Gasteiger partial charge in [-0.3, -0.25) is 9.59 Å². The lowest BCUT2D eigenvalue weighted by Crippen LogP contribution is -2.20. The zero-order valence-electron chi connectivity index (χ0n) is 13.3. The van der Waals surface area contributed by atoms with Gasteiger partial charge in [-0.05, 0) is 67.8 Å². The Morgan fingerprint density at radius 1 is 1.13 bits per heavy atom. The summed E-state index contributed by atoms with van der Waals surface area (Å²) in [6.45, 7) is 5.57. The zero-order chi connectivity index (χ0) is 17.0. The monoisotopic (exact) mass is 375 g/mol. The SMILES string of the molecule is Cc1cc(NC(=O)COc2c(C)cc(C=O)cc2C)ccc1Br. The Morgan fingerprint density at radius 2 is 1.78 bits per heavy atom. The molecular weight excluding hydrogens is 358 g/mol. The van der Waals surface area contributed by atoms with Crippen LogP contribution in [-0.4, -0.2) is 18.8 Å². The summed E-state index contributed by atoms with van der Waals surface area (Å²) in [5.74, 6) is 0.405. The minimum atomic E-state index is -0.231. The maximum atomic E-state index is 12.0. The van der Waals surface area contributed by atoms with E-state index in [9.17, 15) is 9.59 Å². The lowest BCUT2D eigenvalue weighted by Gasteiger charge is -2.13. The first-order valence-corrected chi connectivity index (χ1v) is 7.95. The quantitative estimate of drug-likeness (QED) is 0.796. The molecule has 0 aliphatic rings. The van der Waals surface area contributed by atoms with Crippen LogP contribution in [0.4, 0.5) is 5.69 Å². The van der Waals surface area contributed by atoms with Crippen LogP contribution in [0.5, 0.6) is 5.75 Å². The second-order valence-corrected chi connectivity index (χ2v) is 6.26. The number of amides is 1. The summed E-state index contributed by atoms with van der Waals surface area (Å²) < 4.78 is 6.61. The number of benzene rings is 2. The van der Waals surface area contributed by atoms with E-state index < -0.39 is 0 Å². The Bertz CT molecular complexity index is 733. The van der Waals surface area contributed by atoms with Gasteiger partial charge in [0, 0.05) is 15.7 Å². The van der Waals surface area contributed by atoms with E-state index in [0.717, 1.165) is 33.1 Å². The lowest BCUT2D eigenvalue weighted by atomic mass is 10.1. The average molecular weight is 376 g/mol. The lowest BCUT2D eigenvalue weighted by molar-refractivity contribution is -0.118. The van der Waals surface area contributed by atoms with Crippen LogP contribution in [0.3, 0.4) is 0 Å². The molecule has 2 rings (SSSR count). The molecule has 0 saturated carbocycles. The van der Waals surface area contributed by atoms with Gasteiger partial charge in [0.25, 0.3) is 5.91 Å². The number of rotatable bonds is 5. The van der Waals surface area contributed by atoms with E-state index in [0.29, 0.717) is 11.3 Å². The number of aryl methyl sites for hydroxylation is 3. The first-order chi connectivity index (χ1) is 10.9. The Hall–Kier alpha value is -2.14. The number of hydrogen-bond donors (Lipinski definition) is 1. The van der Waals surface area contributed by atoms with Gasteiger partial charge < -0.3 is 10.1 Å². The third-order valence-electron chi connectivity index (χ3n) is 3.41. The van der Waals surface area contributed by atoms with E-state index in [1.807, 2.05) is 39.0 Å². The molecule has 0 atom stereocenters. The highest BCUT2D eigenvalue weighted by atomic mass is 79.9. The number of carbonyl (C=O) groups excluding carboxylic acids is 2. The average Bonchev–Trinajstić information content (AvgIpc) is 2.50. The molecule has 0 bridgehead atoms. The number of ether oxygens (including phenoxy) is 1. The van der Waals surface area contributed by atoms with Crippen molar-refractivity contribution in [3.05, 3.63) is 57.1 Å². The summed E-state index contributed by atoms with van der Waals surface area (Å²) in [5, 5.41) is 2.80. The second kappa shape index (κ2) is 7.42. The first-order valence-electron chi connectivity index (χ1n) is 7.16. The first kappa shape index (κ1) is 17.2. The van der Waals surface area contributed by atoms with Gasteiger partial charge in [0.05, 0.1) is 0 Å². The van der Waals surface area contributed by atoms with Crippen molar-refractivity contribution in [3.63, 3.8) is 0 Å². The molecule has 23 heavy (non-hydrogen) atoms. The van der Waals surface area contributed by atoms with Crippen molar-refractivity contribution in [1.82, 2.24) is 0 Å². The van der Waals surface area contributed by atoms with Crippen LogP contribution in [0.2, 0.25) is 0 Å². The van der Waals surface area contributed by atoms with Crippen LogP contribution in [-0.2, 0) is 4.79 Å². The van der Waals surface area contributed by atoms with E-state index in [-0.39, 0.29) is 12.5 Å². The number of hydrogen-bond acceptors (Lipinski definition) is 3. The maximum Gasteiger partial charge on any atom is 0.262 e. The van der Waals surface area contributed by atoms with Crippen molar-refractivity contribution in [2.24, 2.45) is 0 Å².